The highest BCUT2D eigenvalue weighted by Gasteiger charge is 2.20. The zero-order chi connectivity index (χ0) is 13.3. The first-order chi connectivity index (χ1) is 8.50. The van der Waals surface area contributed by atoms with Gasteiger partial charge in [0.05, 0.1) is 10.4 Å². The van der Waals surface area contributed by atoms with Gasteiger partial charge in [-0.3, -0.25) is 0 Å². The Hall–Kier alpha value is -1.19. The van der Waals surface area contributed by atoms with E-state index in [0.29, 0.717) is 6.07 Å². The molecule has 0 nitrogen and oxygen atoms in total. The van der Waals surface area contributed by atoms with Crippen molar-refractivity contribution in [2.45, 2.75) is 5.38 Å². The van der Waals surface area contributed by atoms with Gasteiger partial charge in [-0.1, -0.05) is 29.8 Å². The van der Waals surface area contributed by atoms with Crippen molar-refractivity contribution >= 4 is 23.2 Å². The van der Waals surface area contributed by atoms with Gasteiger partial charge in [-0.15, -0.1) is 11.6 Å². The molecule has 5 heteroatoms. The lowest BCUT2D eigenvalue weighted by Gasteiger charge is -2.13. The van der Waals surface area contributed by atoms with E-state index < -0.39 is 22.8 Å². The summed E-state index contributed by atoms with van der Waals surface area (Å²) in [6.45, 7) is 0. The van der Waals surface area contributed by atoms with E-state index >= 15 is 0 Å². The molecule has 1 atom stereocenters. The van der Waals surface area contributed by atoms with Gasteiger partial charge in [0.25, 0.3) is 0 Å². The van der Waals surface area contributed by atoms with Crippen LogP contribution in [0.4, 0.5) is 13.2 Å². The quantitative estimate of drug-likeness (QED) is 0.676. The Labute approximate surface area is 112 Å². The van der Waals surface area contributed by atoms with Gasteiger partial charge in [0.15, 0.2) is 0 Å². The number of alkyl halides is 1. The highest BCUT2D eigenvalue weighted by Crippen LogP contribution is 2.34. The monoisotopic (exact) mass is 290 g/mol. The van der Waals surface area contributed by atoms with Crippen LogP contribution in [-0.4, -0.2) is 0 Å². The van der Waals surface area contributed by atoms with Crippen molar-refractivity contribution in [3.8, 4) is 0 Å². The molecule has 0 amide bonds. The third kappa shape index (κ3) is 2.47. The molecule has 2 aromatic rings. The van der Waals surface area contributed by atoms with E-state index in [1.54, 1.807) is 0 Å². The largest absolute Gasteiger partial charge is 0.207 e. The van der Waals surface area contributed by atoms with Crippen LogP contribution in [0.2, 0.25) is 5.02 Å². The third-order valence-corrected chi connectivity index (χ3v) is 3.25. The molecule has 0 aliphatic heterocycles. The van der Waals surface area contributed by atoms with Gasteiger partial charge < -0.3 is 0 Å². The highest BCUT2D eigenvalue weighted by molar-refractivity contribution is 6.31. The SMILES string of the molecule is Fc1ccc(C(Cl)c2cccc(Cl)c2F)c(F)c1. The molecule has 0 fully saturated rings. The third-order valence-electron chi connectivity index (χ3n) is 2.49. The molecule has 0 aromatic heterocycles. The summed E-state index contributed by atoms with van der Waals surface area (Å²) < 4.78 is 40.1. The van der Waals surface area contributed by atoms with E-state index in [-0.39, 0.29) is 16.1 Å². The topological polar surface area (TPSA) is 0 Å². The van der Waals surface area contributed by atoms with Crippen molar-refractivity contribution in [2.75, 3.05) is 0 Å². The first kappa shape index (κ1) is 13.2. The van der Waals surface area contributed by atoms with Crippen molar-refractivity contribution in [2.24, 2.45) is 0 Å². The summed E-state index contributed by atoms with van der Waals surface area (Å²) in [7, 11) is 0. The minimum Gasteiger partial charge on any atom is -0.207 e. The lowest BCUT2D eigenvalue weighted by Crippen LogP contribution is -2.00. The molecule has 2 aromatic carbocycles. The molecule has 0 aliphatic rings. The minimum absolute atomic E-state index is 0.000710. The van der Waals surface area contributed by atoms with Crippen LogP contribution in [0.25, 0.3) is 0 Å². The molecule has 0 bridgehead atoms. The summed E-state index contributed by atoms with van der Waals surface area (Å²) in [4.78, 5) is 0. The molecule has 1 unspecified atom stereocenters. The Morgan fingerprint density at radius 1 is 0.944 bits per heavy atom. The summed E-state index contributed by atoms with van der Waals surface area (Å²) in [6.07, 6.45) is 0. The Bertz CT molecular complexity index is 584. The van der Waals surface area contributed by atoms with E-state index in [2.05, 4.69) is 0 Å². The fourth-order valence-electron chi connectivity index (χ4n) is 1.59. The molecule has 0 heterocycles. The Morgan fingerprint density at radius 2 is 1.67 bits per heavy atom. The van der Waals surface area contributed by atoms with Gasteiger partial charge >= 0.3 is 0 Å². The number of hydrogen-bond acceptors (Lipinski definition) is 0. The smallest absolute Gasteiger partial charge is 0.146 e. The summed E-state index contributed by atoms with van der Waals surface area (Å²) in [5.74, 6) is -2.25. The van der Waals surface area contributed by atoms with Crippen LogP contribution in [0, 0.1) is 17.5 Å². The van der Waals surface area contributed by atoms with Gasteiger partial charge in [-0.2, -0.15) is 0 Å². The van der Waals surface area contributed by atoms with Crippen LogP contribution in [0.1, 0.15) is 16.5 Å². The Balaban J connectivity index is 2.48. The molecule has 0 aliphatic carbocycles. The van der Waals surface area contributed by atoms with Gasteiger partial charge in [-0.05, 0) is 12.1 Å². The predicted octanol–water partition coefficient (Wildman–Crippen LogP) is 5.09. The second-order valence-corrected chi connectivity index (χ2v) is 4.52. The predicted molar refractivity (Wildman–Crippen MR) is 65.5 cm³/mol. The van der Waals surface area contributed by atoms with Crippen molar-refractivity contribution in [1.29, 1.82) is 0 Å². The van der Waals surface area contributed by atoms with Crippen LogP contribution in [0.5, 0.6) is 0 Å². The lowest BCUT2D eigenvalue weighted by atomic mass is 10.0. The lowest BCUT2D eigenvalue weighted by molar-refractivity contribution is 0.570. The van der Waals surface area contributed by atoms with Crippen molar-refractivity contribution in [3.63, 3.8) is 0 Å². The molecule has 0 spiro atoms. The molecule has 0 saturated carbocycles. The number of halogens is 5. The van der Waals surface area contributed by atoms with E-state index in [0.717, 1.165) is 6.07 Å². The first-order valence-corrected chi connectivity index (χ1v) is 5.85. The number of benzene rings is 2. The van der Waals surface area contributed by atoms with Crippen LogP contribution < -0.4 is 0 Å². The zero-order valence-corrected chi connectivity index (χ0v) is 10.4. The number of hydrogen-bond donors (Lipinski definition) is 0. The molecule has 18 heavy (non-hydrogen) atoms. The van der Waals surface area contributed by atoms with E-state index in [4.69, 9.17) is 23.2 Å². The molecule has 0 saturated heterocycles. The molecule has 94 valence electrons. The van der Waals surface area contributed by atoms with E-state index in [9.17, 15) is 13.2 Å². The van der Waals surface area contributed by atoms with Crippen LogP contribution >= 0.6 is 23.2 Å². The van der Waals surface area contributed by atoms with Crippen molar-refractivity contribution in [3.05, 3.63) is 70.0 Å². The highest BCUT2D eigenvalue weighted by atomic mass is 35.5. The average Bonchev–Trinajstić information content (AvgIpc) is 2.32. The zero-order valence-electron chi connectivity index (χ0n) is 8.93. The van der Waals surface area contributed by atoms with Crippen LogP contribution in [0.3, 0.4) is 0 Å². The Morgan fingerprint density at radius 3 is 2.33 bits per heavy atom. The van der Waals surface area contributed by atoms with Crippen LogP contribution in [-0.2, 0) is 0 Å². The second-order valence-electron chi connectivity index (χ2n) is 3.67. The maximum Gasteiger partial charge on any atom is 0.146 e. The Kier molecular flexibility index (Phi) is 3.83. The van der Waals surface area contributed by atoms with Crippen molar-refractivity contribution in [1.82, 2.24) is 0 Å². The van der Waals surface area contributed by atoms with Crippen molar-refractivity contribution < 1.29 is 13.2 Å². The maximum absolute atomic E-state index is 13.7. The number of rotatable bonds is 2. The average molecular weight is 291 g/mol. The molecular formula is C13H7Cl2F3. The fraction of sp³-hybridized carbons (Fsp3) is 0.0769. The van der Waals surface area contributed by atoms with Crippen LogP contribution in [0.15, 0.2) is 36.4 Å². The summed E-state index contributed by atoms with van der Waals surface area (Å²) in [5, 5.41) is -1.16. The standard InChI is InChI=1S/C13H7Cl2F3/c14-10-3-1-2-9(13(10)18)12(15)8-5-4-7(16)6-11(8)17/h1-6,12H. The molecular weight excluding hydrogens is 284 g/mol. The maximum atomic E-state index is 13.7. The second kappa shape index (κ2) is 5.21. The van der Waals surface area contributed by atoms with Gasteiger partial charge in [-0.25, -0.2) is 13.2 Å². The normalized spacial score (nSPS) is 12.5. The summed E-state index contributed by atoms with van der Waals surface area (Å²) in [5.41, 5.74) is 0.0499. The minimum atomic E-state index is -1.07. The first-order valence-electron chi connectivity index (χ1n) is 5.03. The fourth-order valence-corrected chi connectivity index (χ4v) is 2.12. The van der Waals surface area contributed by atoms with Gasteiger partial charge in [0.1, 0.15) is 17.5 Å². The molecule has 0 radical (unpaired) electrons. The molecule has 0 N–H and O–H groups in total. The van der Waals surface area contributed by atoms with E-state index in [1.807, 2.05) is 0 Å². The van der Waals surface area contributed by atoms with Gasteiger partial charge in [0.2, 0.25) is 0 Å². The summed E-state index contributed by atoms with van der Waals surface area (Å²) in [6, 6.07) is 7.23. The molecule has 2 rings (SSSR count). The summed E-state index contributed by atoms with van der Waals surface area (Å²) >= 11 is 11.6. The van der Waals surface area contributed by atoms with E-state index in [1.165, 1.54) is 24.3 Å². The van der Waals surface area contributed by atoms with Gasteiger partial charge in [0, 0.05) is 17.2 Å².